The molecule has 2 heteroatoms. The fraction of sp³-hybridized carbons (Fsp3) is 0.929. The summed E-state index contributed by atoms with van der Waals surface area (Å²) in [5.41, 5.74) is 0. The molecule has 0 radical (unpaired) electrons. The highest BCUT2D eigenvalue weighted by atomic mass is 16.5. The van der Waals surface area contributed by atoms with Crippen LogP contribution in [0.1, 0.15) is 52.4 Å². The molecular formula is C14H26O2. The average Bonchev–Trinajstić information content (AvgIpc) is 2.29. The third-order valence-electron chi connectivity index (χ3n) is 3.96. The van der Waals surface area contributed by atoms with Crippen LogP contribution in [0.4, 0.5) is 0 Å². The van der Waals surface area contributed by atoms with Crippen LogP contribution in [-0.2, 0) is 9.53 Å². The molecule has 0 N–H and O–H groups in total. The van der Waals surface area contributed by atoms with Gasteiger partial charge < -0.3 is 4.74 Å². The maximum Gasteiger partial charge on any atom is 0.136 e. The maximum absolute atomic E-state index is 11.9. The van der Waals surface area contributed by atoms with Gasteiger partial charge in [0.25, 0.3) is 0 Å². The van der Waals surface area contributed by atoms with Crippen molar-refractivity contribution in [3.8, 4) is 0 Å². The van der Waals surface area contributed by atoms with E-state index < -0.39 is 0 Å². The summed E-state index contributed by atoms with van der Waals surface area (Å²) in [6.07, 6.45) is 6.62. The monoisotopic (exact) mass is 226 g/mol. The second-order valence-electron chi connectivity index (χ2n) is 5.26. The Labute approximate surface area is 99.8 Å². The summed E-state index contributed by atoms with van der Waals surface area (Å²) < 4.78 is 5.10. The van der Waals surface area contributed by atoms with Crippen LogP contribution in [0.3, 0.4) is 0 Å². The van der Waals surface area contributed by atoms with E-state index in [0.717, 1.165) is 38.2 Å². The quantitative estimate of drug-likeness (QED) is 0.693. The average molecular weight is 226 g/mol. The molecular weight excluding hydrogens is 200 g/mol. The van der Waals surface area contributed by atoms with Crippen molar-refractivity contribution < 1.29 is 9.53 Å². The van der Waals surface area contributed by atoms with Gasteiger partial charge in [-0.25, -0.2) is 0 Å². The van der Waals surface area contributed by atoms with Gasteiger partial charge in [0.05, 0.1) is 0 Å². The van der Waals surface area contributed by atoms with Crippen LogP contribution in [0, 0.1) is 17.8 Å². The molecule has 0 spiro atoms. The standard InChI is InChI=1S/C14H26O2/c1-4-5-12-6-7-14(15)13(10-12)11(2)8-9-16-3/h11-13H,4-10H2,1-3H3. The predicted molar refractivity (Wildman–Crippen MR) is 66.4 cm³/mol. The first-order valence-electron chi connectivity index (χ1n) is 6.70. The van der Waals surface area contributed by atoms with E-state index in [0.29, 0.717) is 17.6 Å². The van der Waals surface area contributed by atoms with Gasteiger partial charge in [-0.2, -0.15) is 0 Å². The van der Waals surface area contributed by atoms with Crippen molar-refractivity contribution in [2.75, 3.05) is 13.7 Å². The molecule has 1 rings (SSSR count). The zero-order chi connectivity index (χ0) is 12.0. The Morgan fingerprint density at radius 2 is 2.25 bits per heavy atom. The zero-order valence-electron chi connectivity index (χ0n) is 11.0. The van der Waals surface area contributed by atoms with Crippen LogP contribution in [0.2, 0.25) is 0 Å². The van der Waals surface area contributed by atoms with Crippen LogP contribution < -0.4 is 0 Å². The molecule has 0 heterocycles. The summed E-state index contributed by atoms with van der Waals surface area (Å²) in [6.45, 7) is 5.22. The van der Waals surface area contributed by atoms with Crippen LogP contribution in [0.15, 0.2) is 0 Å². The molecule has 0 aromatic heterocycles. The van der Waals surface area contributed by atoms with E-state index in [4.69, 9.17) is 4.74 Å². The number of carbonyl (C=O) groups is 1. The lowest BCUT2D eigenvalue weighted by atomic mass is 9.73. The highest BCUT2D eigenvalue weighted by molar-refractivity contribution is 5.82. The number of hydrogen-bond acceptors (Lipinski definition) is 2. The molecule has 16 heavy (non-hydrogen) atoms. The SMILES string of the molecule is CCCC1CCC(=O)C(C(C)CCOC)C1. The van der Waals surface area contributed by atoms with E-state index in [-0.39, 0.29) is 0 Å². The van der Waals surface area contributed by atoms with E-state index in [9.17, 15) is 4.79 Å². The number of Topliss-reactive ketones (excluding diaryl/α,β-unsaturated/α-hetero) is 1. The van der Waals surface area contributed by atoms with Crippen molar-refractivity contribution in [3.63, 3.8) is 0 Å². The van der Waals surface area contributed by atoms with Gasteiger partial charge in [0.2, 0.25) is 0 Å². The highest BCUT2D eigenvalue weighted by Crippen LogP contribution is 2.34. The fourth-order valence-electron chi connectivity index (χ4n) is 2.87. The minimum Gasteiger partial charge on any atom is -0.385 e. The van der Waals surface area contributed by atoms with Crippen molar-refractivity contribution in [2.45, 2.75) is 52.4 Å². The Balaban J connectivity index is 2.45. The van der Waals surface area contributed by atoms with Crippen molar-refractivity contribution in [2.24, 2.45) is 17.8 Å². The Morgan fingerprint density at radius 1 is 1.50 bits per heavy atom. The number of hydrogen-bond donors (Lipinski definition) is 0. The van der Waals surface area contributed by atoms with Gasteiger partial charge in [-0.15, -0.1) is 0 Å². The van der Waals surface area contributed by atoms with Crippen molar-refractivity contribution in [1.82, 2.24) is 0 Å². The lowest BCUT2D eigenvalue weighted by molar-refractivity contribution is -0.127. The molecule has 1 aliphatic rings. The Hall–Kier alpha value is -0.370. The van der Waals surface area contributed by atoms with Gasteiger partial charge in [0.1, 0.15) is 5.78 Å². The third kappa shape index (κ3) is 3.89. The summed E-state index contributed by atoms with van der Waals surface area (Å²) in [7, 11) is 1.73. The Bertz CT molecular complexity index is 213. The molecule has 0 aromatic carbocycles. The van der Waals surface area contributed by atoms with Crippen LogP contribution in [0.5, 0.6) is 0 Å². The summed E-state index contributed by atoms with van der Waals surface area (Å²) >= 11 is 0. The molecule has 0 saturated heterocycles. The number of methoxy groups -OCH3 is 1. The lowest BCUT2D eigenvalue weighted by Crippen LogP contribution is -2.30. The lowest BCUT2D eigenvalue weighted by Gasteiger charge is -2.31. The molecule has 0 amide bonds. The van der Waals surface area contributed by atoms with E-state index in [1.165, 1.54) is 12.8 Å². The number of carbonyl (C=O) groups excluding carboxylic acids is 1. The van der Waals surface area contributed by atoms with E-state index in [1.807, 2.05) is 0 Å². The predicted octanol–water partition coefficient (Wildman–Crippen LogP) is 3.44. The fourth-order valence-corrected chi connectivity index (χ4v) is 2.87. The first-order chi connectivity index (χ1) is 7.69. The van der Waals surface area contributed by atoms with Crippen LogP contribution in [-0.4, -0.2) is 19.5 Å². The molecule has 0 bridgehead atoms. The maximum atomic E-state index is 11.9. The molecule has 0 aliphatic heterocycles. The smallest absolute Gasteiger partial charge is 0.136 e. The van der Waals surface area contributed by atoms with E-state index >= 15 is 0 Å². The number of ether oxygens (including phenoxy) is 1. The summed E-state index contributed by atoms with van der Waals surface area (Å²) in [5, 5.41) is 0. The zero-order valence-corrected chi connectivity index (χ0v) is 11.0. The molecule has 1 aliphatic carbocycles. The highest BCUT2D eigenvalue weighted by Gasteiger charge is 2.31. The summed E-state index contributed by atoms with van der Waals surface area (Å²) in [6, 6.07) is 0. The van der Waals surface area contributed by atoms with E-state index in [1.54, 1.807) is 7.11 Å². The van der Waals surface area contributed by atoms with Crippen LogP contribution in [0.25, 0.3) is 0 Å². The molecule has 2 nitrogen and oxygen atoms in total. The number of rotatable bonds is 6. The first kappa shape index (κ1) is 13.7. The molecule has 3 atom stereocenters. The topological polar surface area (TPSA) is 26.3 Å². The molecule has 94 valence electrons. The largest absolute Gasteiger partial charge is 0.385 e. The number of ketones is 1. The molecule has 0 aromatic rings. The minimum atomic E-state index is 0.306. The summed E-state index contributed by atoms with van der Waals surface area (Å²) in [4.78, 5) is 11.9. The van der Waals surface area contributed by atoms with Crippen molar-refractivity contribution >= 4 is 5.78 Å². The first-order valence-corrected chi connectivity index (χ1v) is 6.70. The van der Waals surface area contributed by atoms with Crippen molar-refractivity contribution in [1.29, 1.82) is 0 Å². The van der Waals surface area contributed by atoms with Gasteiger partial charge in [0, 0.05) is 26.1 Å². The van der Waals surface area contributed by atoms with Gasteiger partial charge in [-0.1, -0.05) is 26.7 Å². The second-order valence-corrected chi connectivity index (χ2v) is 5.26. The molecule has 1 saturated carbocycles. The Kier molecular flexibility index (Phi) is 6.04. The normalized spacial score (nSPS) is 28.1. The van der Waals surface area contributed by atoms with Gasteiger partial charge in [-0.05, 0) is 31.1 Å². The minimum absolute atomic E-state index is 0.306. The van der Waals surface area contributed by atoms with E-state index in [2.05, 4.69) is 13.8 Å². The van der Waals surface area contributed by atoms with Crippen molar-refractivity contribution in [3.05, 3.63) is 0 Å². The second kappa shape index (κ2) is 7.05. The van der Waals surface area contributed by atoms with Crippen LogP contribution >= 0.6 is 0 Å². The van der Waals surface area contributed by atoms with Gasteiger partial charge in [-0.3, -0.25) is 4.79 Å². The third-order valence-corrected chi connectivity index (χ3v) is 3.96. The molecule has 3 unspecified atom stereocenters. The molecule has 1 fully saturated rings. The summed E-state index contributed by atoms with van der Waals surface area (Å²) in [5.74, 6) is 2.08. The van der Waals surface area contributed by atoms with Gasteiger partial charge >= 0.3 is 0 Å². The Morgan fingerprint density at radius 3 is 2.88 bits per heavy atom. The van der Waals surface area contributed by atoms with Gasteiger partial charge in [0.15, 0.2) is 0 Å².